The summed E-state index contributed by atoms with van der Waals surface area (Å²) >= 11 is 3.44. The van der Waals surface area contributed by atoms with Crippen LogP contribution in [0.15, 0.2) is 46.9 Å². The third-order valence-corrected chi connectivity index (χ3v) is 4.60. The number of aryl methyl sites for hydroxylation is 1. The van der Waals surface area contributed by atoms with E-state index in [2.05, 4.69) is 26.0 Å². The molecule has 1 saturated heterocycles. The Morgan fingerprint density at radius 1 is 1.24 bits per heavy atom. The van der Waals surface area contributed by atoms with Crippen molar-refractivity contribution in [3.05, 3.63) is 63.6 Å². The lowest BCUT2D eigenvalue weighted by atomic mass is 9.82. The molecule has 4 nitrogen and oxygen atoms in total. The van der Waals surface area contributed by atoms with Gasteiger partial charge in [0, 0.05) is 4.47 Å². The Morgan fingerprint density at radius 2 is 2.00 bits per heavy atom. The molecule has 132 valence electrons. The average molecular weight is 412 g/mol. The van der Waals surface area contributed by atoms with Crippen molar-refractivity contribution in [3.8, 4) is 5.75 Å². The maximum absolute atomic E-state index is 12.5. The third kappa shape index (κ3) is 3.67. The number of ether oxygens (including phenoxy) is 2. The summed E-state index contributed by atoms with van der Waals surface area (Å²) in [4.78, 5) is 12.0. The monoisotopic (exact) mass is 411 g/mol. The summed E-state index contributed by atoms with van der Waals surface area (Å²) in [5.41, 5.74) is 1.22. The van der Waals surface area contributed by atoms with Gasteiger partial charge in [0.2, 0.25) is 5.91 Å². The van der Waals surface area contributed by atoms with E-state index in [1.54, 1.807) is 19.1 Å². The molecule has 0 radical (unpaired) electrons. The summed E-state index contributed by atoms with van der Waals surface area (Å²) in [5, 5.41) is 3.00. The number of halogens is 3. The molecule has 0 unspecified atom stereocenters. The number of hydrogen-bond donors (Lipinski definition) is 1. The molecule has 0 aromatic heterocycles. The first-order valence-electron chi connectivity index (χ1n) is 7.61. The van der Waals surface area contributed by atoms with Crippen LogP contribution in [0.3, 0.4) is 0 Å². The van der Waals surface area contributed by atoms with Crippen molar-refractivity contribution in [2.45, 2.75) is 19.1 Å². The minimum absolute atomic E-state index is 0.0126. The molecule has 2 aromatic rings. The summed E-state index contributed by atoms with van der Waals surface area (Å²) in [5.74, 6) is -0.136. The van der Waals surface area contributed by atoms with Crippen molar-refractivity contribution < 1.29 is 23.0 Å². The molecule has 0 spiro atoms. The van der Waals surface area contributed by atoms with E-state index in [4.69, 9.17) is 4.74 Å². The summed E-state index contributed by atoms with van der Waals surface area (Å²) in [7, 11) is 0. The minimum atomic E-state index is -2.89. The lowest BCUT2D eigenvalue weighted by molar-refractivity contribution is -0.134. The molecule has 0 aliphatic carbocycles. The first-order chi connectivity index (χ1) is 11.9. The van der Waals surface area contributed by atoms with E-state index in [1.807, 2.05) is 24.3 Å². The molecule has 2 aromatic carbocycles. The number of carbonyl (C=O) groups excluding carboxylic acids is 1. The van der Waals surface area contributed by atoms with Gasteiger partial charge in [0.15, 0.2) is 0 Å². The molecule has 1 heterocycles. The van der Waals surface area contributed by atoms with Gasteiger partial charge in [-0.3, -0.25) is 4.79 Å². The second-order valence-electron chi connectivity index (χ2n) is 5.82. The van der Waals surface area contributed by atoms with Crippen molar-refractivity contribution in [2.24, 2.45) is 0 Å². The smallest absolute Gasteiger partial charge is 0.387 e. The van der Waals surface area contributed by atoms with Crippen LogP contribution in [0.5, 0.6) is 5.75 Å². The van der Waals surface area contributed by atoms with Gasteiger partial charge in [-0.2, -0.15) is 8.78 Å². The molecule has 7 heteroatoms. The van der Waals surface area contributed by atoms with Gasteiger partial charge in [0.05, 0.1) is 6.61 Å². The Morgan fingerprint density at radius 3 is 2.64 bits per heavy atom. The topological polar surface area (TPSA) is 47.6 Å². The van der Waals surface area contributed by atoms with Crippen LogP contribution in [0, 0.1) is 6.92 Å². The normalized spacial score (nSPS) is 20.4. The number of rotatable bonds is 4. The number of alkyl halides is 2. The van der Waals surface area contributed by atoms with Crippen molar-refractivity contribution in [1.29, 1.82) is 0 Å². The summed E-state index contributed by atoms with van der Waals surface area (Å²) in [6.45, 7) is -0.979. The first-order valence-corrected chi connectivity index (χ1v) is 8.41. The van der Waals surface area contributed by atoms with E-state index in [1.165, 1.54) is 6.07 Å². The lowest BCUT2D eigenvalue weighted by Gasteiger charge is -2.39. The maximum atomic E-state index is 12.5. The molecule has 0 bridgehead atoms. The van der Waals surface area contributed by atoms with E-state index in [-0.39, 0.29) is 24.9 Å². The molecule has 3 rings (SSSR count). The number of benzene rings is 2. The minimum Gasteiger partial charge on any atom is -0.435 e. The zero-order valence-corrected chi connectivity index (χ0v) is 15.0. The van der Waals surface area contributed by atoms with Gasteiger partial charge in [0.1, 0.15) is 17.9 Å². The first kappa shape index (κ1) is 17.8. The zero-order chi connectivity index (χ0) is 18.0. The average Bonchev–Trinajstić information content (AvgIpc) is 2.56. The largest absolute Gasteiger partial charge is 0.435 e. The lowest BCUT2D eigenvalue weighted by Crippen LogP contribution is -2.55. The van der Waals surface area contributed by atoms with Crippen LogP contribution < -0.4 is 10.1 Å². The van der Waals surface area contributed by atoms with Crippen LogP contribution in [-0.2, 0) is 15.1 Å². The fourth-order valence-electron chi connectivity index (χ4n) is 2.98. The zero-order valence-electron chi connectivity index (χ0n) is 13.4. The van der Waals surface area contributed by atoms with Gasteiger partial charge in [-0.15, -0.1) is 0 Å². The molecular formula is C18H16BrF2NO3. The number of nitrogens with one attached hydrogen (secondary N) is 1. The number of hydrogen-bond acceptors (Lipinski definition) is 3. The highest BCUT2D eigenvalue weighted by Crippen LogP contribution is 2.35. The standard InChI is InChI=1S/C18H16BrF2NO3/c1-11-7-13(5-6-15(11)25-17(20)21)18(10-24-9-16(23)22-18)12-3-2-4-14(19)8-12/h2-8,17H,9-10H2,1H3,(H,22,23)/t18-/m1/s1. The molecule has 1 fully saturated rings. The molecule has 1 N–H and O–H groups in total. The van der Waals surface area contributed by atoms with Crippen molar-refractivity contribution >= 4 is 21.8 Å². The summed E-state index contributed by atoms with van der Waals surface area (Å²) in [6, 6.07) is 12.4. The van der Waals surface area contributed by atoms with Crippen LogP contribution in [-0.4, -0.2) is 25.7 Å². The Labute approximate surface area is 152 Å². The van der Waals surface area contributed by atoms with Crippen molar-refractivity contribution in [3.63, 3.8) is 0 Å². The highest BCUT2D eigenvalue weighted by molar-refractivity contribution is 9.10. The van der Waals surface area contributed by atoms with Gasteiger partial charge in [-0.05, 0) is 47.9 Å². The van der Waals surface area contributed by atoms with Gasteiger partial charge in [0.25, 0.3) is 0 Å². The Balaban J connectivity index is 2.09. The molecular weight excluding hydrogens is 396 g/mol. The fraction of sp³-hybridized carbons (Fsp3) is 0.278. The number of carbonyl (C=O) groups is 1. The molecule has 1 amide bonds. The van der Waals surface area contributed by atoms with E-state index in [0.717, 1.165) is 15.6 Å². The van der Waals surface area contributed by atoms with Gasteiger partial charge in [-0.1, -0.05) is 34.1 Å². The second kappa shape index (κ2) is 7.09. The Hall–Kier alpha value is -1.99. The Kier molecular flexibility index (Phi) is 5.06. The van der Waals surface area contributed by atoms with Gasteiger partial charge in [-0.25, -0.2) is 0 Å². The highest BCUT2D eigenvalue weighted by Gasteiger charge is 2.39. The summed E-state index contributed by atoms with van der Waals surface area (Å²) in [6.07, 6.45) is 0. The summed E-state index contributed by atoms with van der Waals surface area (Å²) < 4.78 is 35.8. The molecule has 1 atom stereocenters. The maximum Gasteiger partial charge on any atom is 0.387 e. The molecule has 25 heavy (non-hydrogen) atoms. The van der Waals surface area contributed by atoms with Crippen LogP contribution in [0.25, 0.3) is 0 Å². The predicted molar refractivity (Wildman–Crippen MR) is 91.7 cm³/mol. The van der Waals surface area contributed by atoms with Crippen LogP contribution in [0.2, 0.25) is 0 Å². The van der Waals surface area contributed by atoms with E-state index in [0.29, 0.717) is 5.56 Å². The highest BCUT2D eigenvalue weighted by atomic mass is 79.9. The van der Waals surface area contributed by atoms with Gasteiger partial charge < -0.3 is 14.8 Å². The van der Waals surface area contributed by atoms with E-state index in [9.17, 15) is 13.6 Å². The van der Waals surface area contributed by atoms with E-state index >= 15 is 0 Å². The molecule has 1 aliphatic rings. The molecule has 0 saturated carbocycles. The SMILES string of the molecule is Cc1cc([C@]2(c3cccc(Br)c3)COCC(=O)N2)ccc1OC(F)F. The quantitative estimate of drug-likeness (QED) is 0.833. The van der Waals surface area contributed by atoms with Crippen LogP contribution in [0.1, 0.15) is 16.7 Å². The molecule has 1 aliphatic heterocycles. The Bertz CT molecular complexity index is 800. The predicted octanol–water partition coefficient (Wildman–Crippen LogP) is 3.75. The number of amides is 1. The van der Waals surface area contributed by atoms with Gasteiger partial charge >= 0.3 is 6.61 Å². The van der Waals surface area contributed by atoms with Crippen LogP contribution in [0.4, 0.5) is 8.78 Å². The van der Waals surface area contributed by atoms with Crippen molar-refractivity contribution in [1.82, 2.24) is 5.32 Å². The number of morpholine rings is 1. The van der Waals surface area contributed by atoms with Crippen molar-refractivity contribution in [2.75, 3.05) is 13.2 Å². The third-order valence-electron chi connectivity index (χ3n) is 4.11. The second-order valence-corrected chi connectivity index (χ2v) is 6.73. The fourth-order valence-corrected chi connectivity index (χ4v) is 3.38. The van der Waals surface area contributed by atoms with E-state index < -0.39 is 12.2 Å². The van der Waals surface area contributed by atoms with Crippen LogP contribution >= 0.6 is 15.9 Å².